The van der Waals surface area contributed by atoms with Crippen LogP contribution in [0.3, 0.4) is 0 Å². The van der Waals surface area contributed by atoms with Gasteiger partial charge in [0, 0.05) is 13.1 Å². The van der Waals surface area contributed by atoms with E-state index >= 15 is 0 Å². The average Bonchev–Trinajstić information content (AvgIpc) is 2.88. The van der Waals surface area contributed by atoms with Crippen molar-refractivity contribution in [1.82, 2.24) is 19.9 Å². The van der Waals surface area contributed by atoms with Crippen LogP contribution < -0.4 is 5.32 Å². The fourth-order valence-corrected chi connectivity index (χ4v) is 2.01. The molecule has 1 amide bonds. The van der Waals surface area contributed by atoms with Gasteiger partial charge in [-0.05, 0) is 17.1 Å². The zero-order valence-corrected chi connectivity index (χ0v) is 12.1. The van der Waals surface area contributed by atoms with E-state index in [0.29, 0.717) is 5.82 Å². The second kappa shape index (κ2) is 8.52. The molecular weight excluding hydrogens is 329 g/mol. The topological polar surface area (TPSA) is 140 Å². The summed E-state index contributed by atoms with van der Waals surface area (Å²) in [5, 5.41) is 22.4. The van der Waals surface area contributed by atoms with Crippen molar-refractivity contribution >= 4 is 47.3 Å². The molecule has 0 radical (unpaired) electrons. The molecule has 2 rings (SSSR count). The van der Waals surface area contributed by atoms with E-state index in [4.69, 9.17) is 5.11 Å². The number of nitro groups is 1. The van der Waals surface area contributed by atoms with Gasteiger partial charge in [-0.25, -0.2) is 19.3 Å². The minimum atomic E-state index is -1.31. The first kappa shape index (κ1) is 19.7. The van der Waals surface area contributed by atoms with Crippen LogP contribution in [-0.4, -0.2) is 72.5 Å². The van der Waals surface area contributed by atoms with Crippen molar-refractivity contribution in [3.63, 3.8) is 0 Å². The van der Waals surface area contributed by atoms with Gasteiger partial charge in [0.1, 0.15) is 12.7 Å². The number of nitrogens with zero attached hydrogens (tertiary/aromatic N) is 4. The zero-order chi connectivity index (χ0) is 17.0. The van der Waals surface area contributed by atoms with Gasteiger partial charge in [0.15, 0.2) is 11.5 Å². The quantitative estimate of drug-likeness (QED) is 0.426. The maximum absolute atomic E-state index is 12.0. The van der Waals surface area contributed by atoms with Crippen LogP contribution in [0.1, 0.15) is 26.7 Å². The third kappa shape index (κ3) is 4.37. The predicted molar refractivity (Wildman–Crippen MR) is 84.3 cm³/mol. The summed E-state index contributed by atoms with van der Waals surface area (Å²) in [6, 6.07) is 2.79. The number of carbonyl (C=O) groups excluding carboxylic acids is 1. The van der Waals surface area contributed by atoms with Gasteiger partial charge in [-0.15, -0.1) is 0 Å². The van der Waals surface area contributed by atoms with Crippen molar-refractivity contribution in [2.24, 2.45) is 0 Å². The van der Waals surface area contributed by atoms with E-state index in [0.717, 1.165) is 6.20 Å². The van der Waals surface area contributed by atoms with Gasteiger partial charge in [-0.2, -0.15) is 0 Å². The molecule has 2 heterocycles. The molecule has 122 valence electrons. The first-order valence-electron chi connectivity index (χ1n) is 6.55. The van der Waals surface area contributed by atoms with Crippen molar-refractivity contribution in [1.29, 1.82) is 0 Å². The number of rotatable bonds is 6. The summed E-state index contributed by atoms with van der Waals surface area (Å²) < 4.78 is 1.35. The Kier molecular flexibility index (Phi) is 7.01. The first-order chi connectivity index (χ1) is 10.9. The SMILES string of the molecule is Cc1ncc([N+](=O)[O-])n1CCNC(=O)c1cccnc1C(=O)O.[NaH]. The van der Waals surface area contributed by atoms with E-state index in [1.165, 1.54) is 22.9 Å². The average molecular weight is 343 g/mol. The molecule has 2 N–H and O–H groups in total. The fraction of sp³-hybridized carbons (Fsp3) is 0.231. The fourth-order valence-electron chi connectivity index (χ4n) is 2.01. The van der Waals surface area contributed by atoms with E-state index in [1.807, 2.05) is 0 Å². The van der Waals surface area contributed by atoms with Crippen molar-refractivity contribution in [3.8, 4) is 0 Å². The van der Waals surface area contributed by atoms with Crippen LogP contribution in [0.5, 0.6) is 0 Å². The Bertz CT molecular complexity index is 776. The molecule has 0 aliphatic heterocycles. The number of imidazole rings is 1. The van der Waals surface area contributed by atoms with Crippen molar-refractivity contribution < 1.29 is 19.6 Å². The summed E-state index contributed by atoms with van der Waals surface area (Å²) in [6.45, 7) is 1.82. The first-order valence-corrected chi connectivity index (χ1v) is 6.55. The predicted octanol–water partition coefficient (Wildman–Crippen LogP) is -0.0256. The van der Waals surface area contributed by atoms with Gasteiger partial charge in [-0.1, -0.05) is 0 Å². The molecule has 0 fully saturated rings. The number of aromatic carboxylic acids is 1. The molecule has 0 spiro atoms. The van der Waals surface area contributed by atoms with Crippen LogP contribution in [0, 0.1) is 17.0 Å². The summed E-state index contributed by atoms with van der Waals surface area (Å²) >= 11 is 0. The van der Waals surface area contributed by atoms with Crippen LogP contribution in [0.15, 0.2) is 24.5 Å². The number of carbonyl (C=O) groups is 2. The number of carboxylic acid groups (broad SMARTS) is 1. The van der Waals surface area contributed by atoms with Gasteiger partial charge in [0.25, 0.3) is 5.91 Å². The number of nitrogens with one attached hydrogen (secondary N) is 1. The van der Waals surface area contributed by atoms with Crippen LogP contribution in [0.25, 0.3) is 0 Å². The molecule has 0 aromatic carbocycles. The van der Waals surface area contributed by atoms with Gasteiger partial charge < -0.3 is 20.5 Å². The number of carboxylic acids is 1. The second-order valence-electron chi connectivity index (χ2n) is 4.53. The van der Waals surface area contributed by atoms with E-state index in [1.54, 1.807) is 6.92 Å². The monoisotopic (exact) mass is 343 g/mol. The molecule has 11 heteroatoms. The Balaban J connectivity index is 0.00000288. The van der Waals surface area contributed by atoms with E-state index in [2.05, 4.69) is 15.3 Å². The molecule has 0 unspecified atom stereocenters. The molecule has 2 aromatic heterocycles. The molecule has 10 nitrogen and oxygen atoms in total. The van der Waals surface area contributed by atoms with Gasteiger partial charge in [0.2, 0.25) is 0 Å². The van der Waals surface area contributed by atoms with Gasteiger partial charge in [-0.3, -0.25) is 4.79 Å². The summed E-state index contributed by atoms with van der Waals surface area (Å²) in [4.78, 5) is 40.8. The van der Waals surface area contributed by atoms with Crippen molar-refractivity contribution in [2.45, 2.75) is 13.5 Å². The molecular formula is C13H14N5NaO5. The van der Waals surface area contributed by atoms with Crippen molar-refractivity contribution in [3.05, 3.63) is 51.7 Å². The Morgan fingerprint density at radius 1 is 1.42 bits per heavy atom. The van der Waals surface area contributed by atoms with E-state index in [9.17, 15) is 19.7 Å². The summed E-state index contributed by atoms with van der Waals surface area (Å²) in [6.07, 6.45) is 2.42. The number of aryl methyl sites for hydroxylation is 1. The Morgan fingerprint density at radius 2 is 2.12 bits per heavy atom. The molecule has 0 aliphatic rings. The molecule has 2 aromatic rings. The zero-order valence-electron chi connectivity index (χ0n) is 12.1. The number of pyridine rings is 1. The molecule has 0 atom stereocenters. The van der Waals surface area contributed by atoms with Crippen molar-refractivity contribution in [2.75, 3.05) is 6.54 Å². The van der Waals surface area contributed by atoms with Gasteiger partial charge in [0.05, 0.1) is 12.1 Å². The number of hydrogen-bond acceptors (Lipinski definition) is 6. The molecule has 0 saturated carbocycles. The van der Waals surface area contributed by atoms with Gasteiger partial charge >= 0.3 is 41.3 Å². The standard InChI is InChI=1S/C13H13N5O5.Na.H/c1-8-16-7-10(18(22)23)17(8)6-5-15-12(19)9-3-2-4-14-11(9)13(20)21;;/h2-4,7H,5-6H2,1H3,(H,15,19)(H,20,21);;. The Hall–Kier alpha value is -2.30. The van der Waals surface area contributed by atoms with E-state index in [-0.39, 0.29) is 59.7 Å². The number of amides is 1. The Morgan fingerprint density at radius 3 is 2.75 bits per heavy atom. The molecule has 0 saturated heterocycles. The maximum atomic E-state index is 12.0. The van der Waals surface area contributed by atoms with Crippen LogP contribution in [0.2, 0.25) is 0 Å². The third-order valence-corrected chi connectivity index (χ3v) is 3.10. The minimum absolute atomic E-state index is 0. The summed E-state index contributed by atoms with van der Waals surface area (Å²) in [5.74, 6) is -1.66. The second-order valence-corrected chi connectivity index (χ2v) is 4.53. The molecule has 0 aliphatic carbocycles. The number of aromatic nitrogens is 3. The summed E-state index contributed by atoms with van der Waals surface area (Å²) in [5.41, 5.74) is -0.424. The Labute approximate surface area is 158 Å². The molecule has 0 bridgehead atoms. The third-order valence-electron chi connectivity index (χ3n) is 3.10. The van der Waals surface area contributed by atoms with Crippen LogP contribution in [0.4, 0.5) is 5.82 Å². The molecule has 24 heavy (non-hydrogen) atoms. The van der Waals surface area contributed by atoms with E-state index < -0.39 is 16.8 Å². The number of hydrogen-bond donors (Lipinski definition) is 2. The van der Waals surface area contributed by atoms with Crippen LogP contribution in [-0.2, 0) is 6.54 Å². The normalized spacial score (nSPS) is 9.88. The van der Waals surface area contributed by atoms with Crippen LogP contribution >= 0.6 is 0 Å². The summed E-state index contributed by atoms with van der Waals surface area (Å²) in [7, 11) is 0.